The Hall–Kier alpha value is -2.38. The average molecular weight is 403 g/mol. The zero-order chi connectivity index (χ0) is 20.0. The molecule has 150 valence electrons. The molecule has 0 unspecified atom stereocenters. The summed E-state index contributed by atoms with van der Waals surface area (Å²) in [6, 6.07) is 16.7. The smallest absolute Gasteiger partial charge is 0.227 e. The summed E-state index contributed by atoms with van der Waals surface area (Å²) in [5, 5.41) is 0. The zero-order valence-corrected chi connectivity index (χ0v) is 16.9. The molecule has 1 aliphatic heterocycles. The van der Waals surface area contributed by atoms with E-state index in [2.05, 4.69) is 0 Å². The Labute approximate surface area is 166 Å². The number of benzene rings is 2. The molecule has 1 aliphatic rings. The molecule has 0 spiro atoms. The molecule has 1 saturated heterocycles. The van der Waals surface area contributed by atoms with E-state index in [1.807, 2.05) is 61.5 Å². The van der Waals surface area contributed by atoms with E-state index in [0.717, 1.165) is 16.9 Å². The van der Waals surface area contributed by atoms with Crippen LogP contribution in [0.2, 0.25) is 0 Å². The molecular formula is C21H26N2O4S. The first-order valence-corrected chi connectivity index (χ1v) is 11.1. The Kier molecular flexibility index (Phi) is 6.70. The Morgan fingerprint density at radius 2 is 1.57 bits per heavy atom. The number of hydrogen-bond acceptors (Lipinski definition) is 4. The lowest BCUT2D eigenvalue weighted by Gasteiger charge is -2.34. The van der Waals surface area contributed by atoms with E-state index in [9.17, 15) is 13.2 Å². The van der Waals surface area contributed by atoms with Crippen molar-refractivity contribution in [3.05, 3.63) is 65.7 Å². The monoisotopic (exact) mass is 402 g/mol. The second-order valence-corrected chi connectivity index (χ2v) is 8.74. The van der Waals surface area contributed by atoms with Crippen LogP contribution in [0.5, 0.6) is 5.75 Å². The lowest BCUT2D eigenvalue weighted by molar-refractivity contribution is -0.131. The standard InChI is InChI=1S/C21H26N2O4S/c1-2-27-20-10-8-18(9-11-20)16-21(24)22-12-14-23(15-13-22)28(25,26)17-19-6-4-3-5-7-19/h3-11H,2,12-17H2,1H3. The molecular weight excluding hydrogens is 376 g/mol. The Morgan fingerprint density at radius 1 is 0.929 bits per heavy atom. The molecule has 0 radical (unpaired) electrons. The highest BCUT2D eigenvalue weighted by Gasteiger charge is 2.28. The van der Waals surface area contributed by atoms with E-state index in [0.29, 0.717) is 39.2 Å². The lowest BCUT2D eigenvalue weighted by Crippen LogP contribution is -2.51. The van der Waals surface area contributed by atoms with Gasteiger partial charge in [-0.05, 0) is 30.2 Å². The van der Waals surface area contributed by atoms with Gasteiger partial charge in [0.2, 0.25) is 15.9 Å². The summed E-state index contributed by atoms with van der Waals surface area (Å²) in [7, 11) is -3.37. The van der Waals surface area contributed by atoms with Crippen molar-refractivity contribution in [1.29, 1.82) is 0 Å². The summed E-state index contributed by atoms with van der Waals surface area (Å²) in [6.07, 6.45) is 0.309. The lowest BCUT2D eigenvalue weighted by atomic mass is 10.1. The topological polar surface area (TPSA) is 66.9 Å². The highest BCUT2D eigenvalue weighted by Crippen LogP contribution is 2.16. The number of ether oxygens (including phenoxy) is 1. The molecule has 0 saturated carbocycles. The van der Waals surface area contributed by atoms with Gasteiger partial charge in [0.25, 0.3) is 0 Å². The van der Waals surface area contributed by atoms with Gasteiger partial charge in [-0.1, -0.05) is 42.5 Å². The minimum absolute atomic E-state index is 0.00599. The van der Waals surface area contributed by atoms with Gasteiger partial charge in [-0.2, -0.15) is 4.31 Å². The number of piperazine rings is 1. The third-order valence-corrected chi connectivity index (χ3v) is 6.62. The molecule has 7 heteroatoms. The van der Waals surface area contributed by atoms with Gasteiger partial charge in [-0.25, -0.2) is 8.42 Å². The number of sulfonamides is 1. The highest BCUT2D eigenvalue weighted by molar-refractivity contribution is 7.88. The first-order valence-electron chi connectivity index (χ1n) is 9.49. The normalized spacial score (nSPS) is 15.4. The molecule has 0 bridgehead atoms. The third kappa shape index (κ3) is 5.33. The molecule has 0 aliphatic carbocycles. The van der Waals surface area contributed by atoms with Crippen molar-refractivity contribution in [3.63, 3.8) is 0 Å². The predicted octanol–water partition coefficient (Wildman–Crippen LogP) is 2.30. The second-order valence-electron chi connectivity index (χ2n) is 6.78. The number of hydrogen-bond donors (Lipinski definition) is 0. The first kappa shape index (κ1) is 20.4. The maximum atomic E-state index is 12.6. The molecule has 28 heavy (non-hydrogen) atoms. The van der Waals surface area contributed by atoms with Crippen LogP contribution in [0, 0.1) is 0 Å². The van der Waals surface area contributed by atoms with Crippen LogP contribution in [-0.4, -0.2) is 56.3 Å². The van der Waals surface area contributed by atoms with Crippen molar-refractivity contribution in [1.82, 2.24) is 9.21 Å². The van der Waals surface area contributed by atoms with Crippen LogP contribution in [0.25, 0.3) is 0 Å². The van der Waals surface area contributed by atoms with Crippen molar-refractivity contribution in [2.75, 3.05) is 32.8 Å². The van der Waals surface area contributed by atoms with E-state index >= 15 is 0 Å². The van der Waals surface area contributed by atoms with Crippen LogP contribution in [0.3, 0.4) is 0 Å². The number of carbonyl (C=O) groups is 1. The molecule has 2 aromatic rings. The van der Waals surface area contributed by atoms with Crippen LogP contribution >= 0.6 is 0 Å². The fourth-order valence-electron chi connectivity index (χ4n) is 3.25. The van der Waals surface area contributed by atoms with Gasteiger partial charge in [0, 0.05) is 26.2 Å². The van der Waals surface area contributed by atoms with E-state index in [4.69, 9.17) is 4.74 Å². The summed E-state index contributed by atoms with van der Waals surface area (Å²) in [6.45, 7) is 4.05. The number of nitrogens with zero attached hydrogens (tertiary/aromatic N) is 2. The van der Waals surface area contributed by atoms with E-state index < -0.39 is 10.0 Å². The molecule has 0 atom stereocenters. The van der Waals surface area contributed by atoms with E-state index in [1.165, 1.54) is 4.31 Å². The van der Waals surface area contributed by atoms with Gasteiger partial charge in [0.15, 0.2) is 0 Å². The minimum atomic E-state index is -3.37. The largest absolute Gasteiger partial charge is 0.494 e. The molecule has 1 fully saturated rings. The van der Waals surface area contributed by atoms with Crippen molar-refractivity contribution >= 4 is 15.9 Å². The number of amides is 1. The molecule has 6 nitrogen and oxygen atoms in total. The molecule has 3 rings (SSSR count). The molecule has 1 amide bonds. The van der Waals surface area contributed by atoms with Crippen LogP contribution < -0.4 is 4.74 Å². The van der Waals surface area contributed by atoms with Gasteiger partial charge < -0.3 is 9.64 Å². The van der Waals surface area contributed by atoms with Crippen LogP contribution in [-0.2, 0) is 27.0 Å². The zero-order valence-electron chi connectivity index (χ0n) is 16.1. The maximum Gasteiger partial charge on any atom is 0.227 e. The average Bonchev–Trinajstić information content (AvgIpc) is 2.70. The van der Waals surface area contributed by atoms with Gasteiger partial charge in [-0.15, -0.1) is 0 Å². The van der Waals surface area contributed by atoms with Crippen molar-refractivity contribution in [3.8, 4) is 5.75 Å². The maximum absolute atomic E-state index is 12.6. The van der Waals surface area contributed by atoms with Gasteiger partial charge >= 0.3 is 0 Å². The summed E-state index contributed by atoms with van der Waals surface area (Å²) < 4.78 is 32.1. The molecule has 2 aromatic carbocycles. The van der Waals surface area contributed by atoms with Crippen molar-refractivity contribution in [2.45, 2.75) is 19.1 Å². The minimum Gasteiger partial charge on any atom is -0.494 e. The fourth-order valence-corrected chi connectivity index (χ4v) is 4.76. The summed E-state index contributed by atoms with van der Waals surface area (Å²) >= 11 is 0. The third-order valence-electron chi connectivity index (χ3n) is 4.77. The van der Waals surface area contributed by atoms with Crippen LogP contribution in [0.1, 0.15) is 18.1 Å². The Bertz CT molecular complexity index is 874. The van der Waals surface area contributed by atoms with Gasteiger partial charge in [0.1, 0.15) is 5.75 Å². The molecule has 1 heterocycles. The first-order chi connectivity index (χ1) is 13.5. The van der Waals surface area contributed by atoms with Crippen molar-refractivity contribution < 1.29 is 17.9 Å². The van der Waals surface area contributed by atoms with Gasteiger partial charge in [-0.3, -0.25) is 4.79 Å². The second kappa shape index (κ2) is 9.21. The van der Waals surface area contributed by atoms with E-state index in [1.54, 1.807) is 4.90 Å². The number of rotatable bonds is 7. The molecule has 0 N–H and O–H groups in total. The SMILES string of the molecule is CCOc1ccc(CC(=O)N2CCN(S(=O)(=O)Cc3ccccc3)CC2)cc1. The summed E-state index contributed by atoms with van der Waals surface area (Å²) in [5.41, 5.74) is 1.70. The number of carbonyl (C=O) groups excluding carboxylic acids is 1. The van der Waals surface area contributed by atoms with E-state index in [-0.39, 0.29) is 11.7 Å². The summed E-state index contributed by atoms with van der Waals surface area (Å²) in [5.74, 6) is 0.800. The van der Waals surface area contributed by atoms with Crippen LogP contribution in [0.4, 0.5) is 0 Å². The highest BCUT2D eigenvalue weighted by atomic mass is 32.2. The Balaban J connectivity index is 1.52. The van der Waals surface area contributed by atoms with Crippen molar-refractivity contribution in [2.24, 2.45) is 0 Å². The summed E-state index contributed by atoms with van der Waals surface area (Å²) in [4.78, 5) is 14.3. The van der Waals surface area contributed by atoms with Crippen LogP contribution in [0.15, 0.2) is 54.6 Å². The fraction of sp³-hybridized carbons (Fsp3) is 0.381. The molecule has 0 aromatic heterocycles. The predicted molar refractivity (Wildman–Crippen MR) is 109 cm³/mol. The van der Waals surface area contributed by atoms with Gasteiger partial charge in [0.05, 0.1) is 18.8 Å². The Morgan fingerprint density at radius 3 is 2.18 bits per heavy atom. The quantitative estimate of drug-likeness (QED) is 0.713.